The molecular formula is C24H27ClN2O. The van der Waals surface area contributed by atoms with Gasteiger partial charge in [-0.25, -0.2) is 0 Å². The lowest BCUT2D eigenvalue weighted by molar-refractivity contribution is 0.271. The van der Waals surface area contributed by atoms with Crippen LogP contribution in [-0.2, 0) is 0 Å². The van der Waals surface area contributed by atoms with Crippen molar-refractivity contribution in [2.75, 3.05) is 13.2 Å². The summed E-state index contributed by atoms with van der Waals surface area (Å²) in [5, 5.41) is 5.30. The van der Waals surface area contributed by atoms with Crippen molar-refractivity contribution in [1.82, 2.24) is 10.3 Å². The predicted octanol–water partition coefficient (Wildman–Crippen LogP) is 6.08. The molecule has 3 nitrogen and oxygen atoms in total. The number of hydrogen-bond acceptors (Lipinski definition) is 3. The molecule has 4 heteroatoms. The molecule has 1 aliphatic rings. The summed E-state index contributed by atoms with van der Waals surface area (Å²) in [6, 6.07) is 13.0. The van der Waals surface area contributed by atoms with Gasteiger partial charge >= 0.3 is 0 Å². The van der Waals surface area contributed by atoms with Crippen molar-refractivity contribution < 1.29 is 4.74 Å². The van der Waals surface area contributed by atoms with E-state index in [2.05, 4.69) is 42.3 Å². The number of piperidine rings is 1. The zero-order valence-corrected chi connectivity index (χ0v) is 17.4. The van der Waals surface area contributed by atoms with E-state index >= 15 is 0 Å². The molecule has 0 saturated carbocycles. The fourth-order valence-electron chi connectivity index (χ4n) is 4.11. The summed E-state index contributed by atoms with van der Waals surface area (Å²) in [6.45, 7) is 6.06. The highest BCUT2D eigenvalue weighted by atomic mass is 35.5. The number of fused-ring (bicyclic) bond motifs is 1. The number of nitrogens with one attached hydrogen (secondary N) is 1. The minimum Gasteiger partial charge on any atom is -0.492 e. The van der Waals surface area contributed by atoms with Gasteiger partial charge in [-0.1, -0.05) is 47.3 Å². The van der Waals surface area contributed by atoms with Crippen molar-refractivity contribution in [3.63, 3.8) is 0 Å². The summed E-state index contributed by atoms with van der Waals surface area (Å²) in [4.78, 5) is 4.66. The number of aromatic nitrogens is 1. The van der Waals surface area contributed by atoms with Crippen molar-refractivity contribution in [3.05, 3.63) is 58.7 Å². The van der Waals surface area contributed by atoms with Gasteiger partial charge in [0, 0.05) is 28.2 Å². The first-order chi connectivity index (χ1) is 13.6. The van der Waals surface area contributed by atoms with E-state index in [1.807, 2.05) is 24.4 Å². The summed E-state index contributed by atoms with van der Waals surface area (Å²) in [5.41, 5.74) is 5.53. The Kier molecular flexibility index (Phi) is 5.84. The fraction of sp³-hybridized carbons (Fsp3) is 0.375. The molecule has 0 spiro atoms. The molecule has 1 unspecified atom stereocenters. The Bertz CT molecular complexity index is 959. The molecule has 0 amide bonds. The number of benzene rings is 2. The molecule has 1 N–H and O–H groups in total. The average molecular weight is 395 g/mol. The van der Waals surface area contributed by atoms with Gasteiger partial charge in [-0.15, -0.1) is 0 Å². The molecule has 2 heterocycles. The standard InChI is InChI=1S/C24H27ClN2O/c1-16-11-17(2)13-18(12-16)22-15-27-23-14-19(25)6-7-21(23)24(22)28-10-8-20-5-3-4-9-26-20/h6-7,11-15,20,26H,3-5,8-10H2,1-2H3. The molecule has 2 aromatic carbocycles. The number of rotatable bonds is 5. The maximum Gasteiger partial charge on any atom is 0.138 e. The Labute approximate surface area is 172 Å². The quantitative estimate of drug-likeness (QED) is 0.569. The second-order valence-corrected chi connectivity index (χ2v) is 8.26. The van der Waals surface area contributed by atoms with Crippen LogP contribution in [0.5, 0.6) is 5.75 Å². The topological polar surface area (TPSA) is 34.1 Å². The number of pyridine rings is 1. The summed E-state index contributed by atoms with van der Waals surface area (Å²) in [6.07, 6.45) is 6.76. The molecule has 0 radical (unpaired) electrons. The molecule has 146 valence electrons. The Morgan fingerprint density at radius 3 is 2.68 bits per heavy atom. The van der Waals surface area contributed by atoms with Crippen molar-refractivity contribution in [3.8, 4) is 16.9 Å². The van der Waals surface area contributed by atoms with Crippen LogP contribution in [0.3, 0.4) is 0 Å². The van der Waals surface area contributed by atoms with E-state index in [0.29, 0.717) is 17.7 Å². The van der Waals surface area contributed by atoms with Gasteiger partial charge in [-0.3, -0.25) is 4.98 Å². The SMILES string of the molecule is Cc1cc(C)cc(-c2cnc3cc(Cl)ccc3c2OCCC2CCCCN2)c1. The highest BCUT2D eigenvalue weighted by Gasteiger charge is 2.16. The summed E-state index contributed by atoms with van der Waals surface area (Å²) in [7, 11) is 0. The molecule has 1 aliphatic heterocycles. The van der Waals surface area contributed by atoms with Gasteiger partial charge in [-0.2, -0.15) is 0 Å². The third-order valence-electron chi connectivity index (χ3n) is 5.44. The molecule has 3 aromatic rings. The van der Waals surface area contributed by atoms with E-state index in [1.54, 1.807) is 0 Å². The van der Waals surface area contributed by atoms with E-state index < -0.39 is 0 Å². The third-order valence-corrected chi connectivity index (χ3v) is 5.67. The summed E-state index contributed by atoms with van der Waals surface area (Å²) >= 11 is 6.19. The normalized spacial score (nSPS) is 17.0. The zero-order valence-electron chi connectivity index (χ0n) is 16.6. The highest BCUT2D eigenvalue weighted by Crippen LogP contribution is 2.37. The molecule has 1 saturated heterocycles. The monoisotopic (exact) mass is 394 g/mol. The number of ether oxygens (including phenoxy) is 1. The molecule has 0 bridgehead atoms. The van der Waals surface area contributed by atoms with Gasteiger partial charge in [0.15, 0.2) is 0 Å². The van der Waals surface area contributed by atoms with Crippen molar-refractivity contribution in [2.45, 2.75) is 45.6 Å². The van der Waals surface area contributed by atoms with Gasteiger partial charge in [-0.05, 0) is 63.4 Å². The summed E-state index contributed by atoms with van der Waals surface area (Å²) < 4.78 is 6.40. The predicted molar refractivity (Wildman–Crippen MR) is 117 cm³/mol. The van der Waals surface area contributed by atoms with Gasteiger partial charge in [0.05, 0.1) is 12.1 Å². The Balaban J connectivity index is 1.69. The van der Waals surface area contributed by atoms with Gasteiger partial charge in [0.25, 0.3) is 0 Å². The molecule has 4 rings (SSSR count). The smallest absolute Gasteiger partial charge is 0.138 e. The molecular weight excluding hydrogens is 368 g/mol. The first-order valence-corrected chi connectivity index (χ1v) is 10.5. The maximum absolute atomic E-state index is 6.40. The minimum absolute atomic E-state index is 0.556. The maximum atomic E-state index is 6.40. The van der Waals surface area contributed by atoms with Gasteiger partial charge in [0.1, 0.15) is 5.75 Å². The van der Waals surface area contributed by atoms with Crippen LogP contribution in [0.4, 0.5) is 0 Å². The average Bonchev–Trinajstić information content (AvgIpc) is 2.68. The molecule has 1 aromatic heterocycles. The molecule has 1 atom stereocenters. The van der Waals surface area contributed by atoms with E-state index in [0.717, 1.165) is 40.7 Å². The van der Waals surface area contributed by atoms with Crippen LogP contribution in [-0.4, -0.2) is 24.2 Å². The number of halogens is 1. The second kappa shape index (κ2) is 8.50. The largest absolute Gasteiger partial charge is 0.492 e. The molecule has 1 fully saturated rings. The number of aryl methyl sites for hydroxylation is 2. The van der Waals surface area contributed by atoms with Crippen molar-refractivity contribution in [2.24, 2.45) is 0 Å². The van der Waals surface area contributed by atoms with Crippen molar-refractivity contribution in [1.29, 1.82) is 0 Å². The lowest BCUT2D eigenvalue weighted by atomic mass is 9.99. The van der Waals surface area contributed by atoms with Crippen LogP contribution in [0.25, 0.3) is 22.0 Å². The first-order valence-electron chi connectivity index (χ1n) is 10.1. The Morgan fingerprint density at radius 1 is 1.11 bits per heavy atom. The fourth-order valence-corrected chi connectivity index (χ4v) is 4.27. The Morgan fingerprint density at radius 2 is 1.93 bits per heavy atom. The van der Waals surface area contributed by atoms with Crippen LogP contribution in [0.2, 0.25) is 5.02 Å². The number of hydrogen-bond donors (Lipinski definition) is 1. The molecule has 0 aliphatic carbocycles. The van der Waals surface area contributed by atoms with E-state index in [-0.39, 0.29) is 0 Å². The van der Waals surface area contributed by atoms with E-state index in [1.165, 1.54) is 30.4 Å². The minimum atomic E-state index is 0.556. The Hall–Kier alpha value is -2.10. The van der Waals surface area contributed by atoms with Crippen LogP contribution in [0, 0.1) is 13.8 Å². The number of nitrogens with zero attached hydrogens (tertiary/aromatic N) is 1. The van der Waals surface area contributed by atoms with Crippen molar-refractivity contribution >= 4 is 22.5 Å². The van der Waals surface area contributed by atoms with Crippen LogP contribution in [0.1, 0.15) is 36.8 Å². The van der Waals surface area contributed by atoms with Crippen LogP contribution in [0.15, 0.2) is 42.6 Å². The zero-order chi connectivity index (χ0) is 19.5. The van der Waals surface area contributed by atoms with Gasteiger partial charge < -0.3 is 10.1 Å². The van der Waals surface area contributed by atoms with Crippen LogP contribution >= 0.6 is 11.6 Å². The highest BCUT2D eigenvalue weighted by molar-refractivity contribution is 6.31. The molecule has 28 heavy (non-hydrogen) atoms. The third kappa shape index (κ3) is 4.31. The first kappa shape index (κ1) is 19.2. The van der Waals surface area contributed by atoms with E-state index in [4.69, 9.17) is 16.3 Å². The summed E-state index contributed by atoms with van der Waals surface area (Å²) in [5.74, 6) is 0.905. The van der Waals surface area contributed by atoms with E-state index in [9.17, 15) is 0 Å². The lowest BCUT2D eigenvalue weighted by Gasteiger charge is -2.24. The van der Waals surface area contributed by atoms with Crippen LogP contribution < -0.4 is 10.1 Å². The lowest BCUT2D eigenvalue weighted by Crippen LogP contribution is -2.35. The second-order valence-electron chi connectivity index (χ2n) is 7.82. The van der Waals surface area contributed by atoms with Gasteiger partial charge in [0.2, 0.25) is 0 Å².